The Labute approximate surface area is 62.3 Å². The zero-order chi connectivity index (χ0) is 6.85. The number of carbonyl (C=O) groups excluding carboxylic acids is 1. The first-order chi connectivity index (χ1) is 4.25. The average Bonchev–Trinajstić information content (AvgIpc) is 2.15. The van der Waals surface area contributed by atoms with Crippen LogP contribution in [-0.2, 0) is 0 Å². The van der Waals surface area contributed by atoms with Crippen molar-refractivity contribution in [2.24, 2.45) is 0 Å². The zero-order valence-corrected chi connectivity index (χ0v) is 6.42. The molecule has 1 rings (SSSR count). The monoisotopic (exact) mass is 160 g/mol. The molecule has 0 fully saturated rings. The summed E-state index contributed by atoms with van der Waals surface area (Å²) in [5, 5.41) is 1.75. The van der Waals surface area contributed by atoms with Crippen LogP contribution in [-0.4, -0.2) is 6.29 Å². The highest BCUT2D eigenvalue weighted by molar-refractivity contribution is 7.14. The topological polar surface area (TPSA) is 17.1 Å². The molecule has 0 radical (unpaired) electrons. The average molecular weight is 161 g/mol. The Morgan fingerprint density at radius 2 is 2.44 bits per heavy atom. The van der Waals surface area contributed by atoms with Crippen molar-refractivity contribution in [2.75, 3.05) is 0 Å². The standard InChI is InChI=1S/C6H5ClOS/c1-4-5(2-8)3-9-6(4)7/h2-3H,1H3. The largest absolute Gasteiger partial charge is 0.298 e. The van der Waals surface area contributed by atoms with Crippen molar-refractivity contribution >= 4 is 29.2 Å². The van der Waals surface area contributed by atoms with E-state index in [1.807, 2.05) is 6.92 Å². The molecule has 9 heavy (non-hydrogen) atoms. The molecule has 0 amide bonds. The number of carbonyl (C=O) groups is 1. The van der Waals surface area contributed by atoms with Crippen molar-refractivity contribution in [2.45, 2.75) is 6.92 Å². The maximum absolute atomic E-state index is 10.2. The van der Waals surface area contributed by atoms with E-state index in [-0.39, 0.29) is 0 Å². The number of thiophene rings is 1. The van der Waals surface area contributed by atoms with Crippen molar-refractivity contribution in [3.63, 3.8) is 0 Å². The zero-order valence-electron chi connectivity index (χ0n) is 4.85. The second-order valence-electron chi connectivity index (χ2n) is 1.71. The second-order valence-corrected chi connectivity index (χ2v) is 3.19. The molecule has 0 saturated heterocycles. The molecule has 0 bridgehead atoms. The highest BCUT2D eigenvalue weighted by Crippen LogP contribution is 2.24. The molecule has 48 valence electrons. The van der Waals surface area contributed by atoms with Crippen LogP contribution in [0.25, 0.3) is 0 Å². The molecule has 1 aromatic heterocycles. The van der Waals surface area contributed by atoms with E-state index < -0.39 is 0 Å². The summed E-state index contributed by atoms with van der Waals surface area (Å²) in [7, 11) is 0. The Balaban J connectivity index is 3.18. The summed E-state index contributed by atoms with van der Waals surface area (Å²) in [6, 6.07) is 0. The van der Waals surface area contributed by atoms with E-state index in [4.69, 9.17) is 11.6 Å². The van der Waals surface area contributed by atoms with Gasteiger partial charge in [0, 0.05) is 10.9 Å². The molecular formula is C6H5ClOS. The molecule has 0 saturated carbocycles. The van der Waals surface area contributed by atoms with Crippen molar-refractivity contribution < 1.29 is 4.79 Å². The van der Waals surface area contributed by atoms with E-state index in [2.05, 4.69) is 0 Å². The van der Waals surface area contributed by atoms with Crippen molar-refractivity contribution in [3.8, 4) is 0 Å². The Hall–Kier alpha value is -0.340. The maximum Gasteiger partial charge on any atom is 0.151 e. The fourth-order valence-electron chi connectivity index (χ4n) is 0.522. The van der Waals surface area contributed by atoms with Gasteiger partial charge in [0.25, 0.3) is 0 Å². The van der Waals surface area contributed by atoms with Gasteiger partial charge in [-0.05, 0) is 12.5 Å². The molecule has 3 heteroatoms. The van der Waals surface area contributed by atoms with Crippen molar-refractivity contribution in [3.05, 3.63) is 20.8 Å². The molecule has 0 aliphatic rings. The van der Waals surface area contributed by atoms with Crippen LogP contribution in [0.2, 0.25) is 4.34 Å². The molecule has 0 atom stereocenters. The number of hydrogen-bond acceptors (Lipinski definition) is 2. The van der Waals surface area contributed by atoms with Crippen LogP contribution in [0, 0.1) is 6.92 Å². The lowest BCUT2D eigenvalue weighted by Gasteiger charge is -1.83. The van der Waals surface area contributed by atoms with Gasteiger partial charge in [-0.25, -0.2) is 0 Å². The number of rotatable bonds is 1. The first kappa shape index (κ1) is 6.78. The van der Waals surface area contributed by atoms with Gasteiger partial charge in [0.15, 0.2) is 6.29 Å². The Morgan fingerprint density at radius 3 is 2.67 bits per heavy atom. The Kier molecular flexibility index (Phi) is 1.88. The minimum atomic E-state index is 0.699. The summed E-state index contributed by atoms with van der Waals surface area (Å²) in [5.41, 5.74) is 1.58. The van der Waals surface area contributed by atoms with E-state index in [1.54, 1.807) is 5.38 Å². The Morgan fingerprint density at radius 1 is 1.78 bits per heavy atom. The lowest BCUT2D eigenvalue weighted by molar-refractivity contribution is 0.112. The van der Waals surface area contributed by atoms with Gasteiger partial charge in [0.05, 0.1) is 4.34 Å². The van der Waals surface area contributed by atoms with E-state index in [0.29, 0.717) is 9.90 Å². The molecule has 1 heterocycles. The van der Waals surface area contributed by atoms with Crippen LogP contribution in [0.3, 0.4) is 0 Å². The normalized spacial score (nSPS) is 9.56. The van der Waals surface area contributed by atoms with Crippen LogP contribution in [0.1, 0.15) is 15.9 Å². The summed E-state index contributed by atoms with van der Waals surface area (Å²) < 4.78 is 0.706. The smallest absolute Gasteiger partial charge is 0.151 e. The van der Waals surface area contributed by atoms with Crippen molar-refractivity contribution in [1.29, 1.82) is 0 Å². The molecule has 0 unspecified atom stereocenters. The maximum atomic E-state index is 10.2. The van der Waals surface area contributed by atoms with Crippen LogP contribution in [0.5, 0.6) is 0 Å². The summed E-state index contributed by atoms with van der Waals surface area (Å²) in [6.45, 7) is 1.84. The van der Waals surface area contributed by atoms with E-state index >= 15 is 0 Å². The van der Waals surface area contributed by atoms with Gasteiger partial charge in [0.2, 0.25) is 0 Å². The number of halogens is 1. The fourth-order valence-corrected chi connectivity index (χ4v) is 1.52. The highest BCUT2D eigenvalue weighted by Gasteiger charge is 2.01. The van der Waals surface area contributed by atoms with Crippen LogP contribution < -0.4 is 0 Å². The predicted molar refractivity (Wildman–Crippen MR) is 39.5 cm³/mol. The number of hydrogen-bond donors (Lipinski definition) is 0. The first-order valence-corrected chi connectivity index (χ1v) is 3.70. The Bertz CT molecular complexity index is 229. The summed E-state index contributed by atoms with van der Waals surface area (Å²) in [5.74, 6) is 0. The van der Waals surface area contributed by atoms with Crippen LogP contribution in [0.15, 0.2) is 5.38 Å². The first-order valence-electron chi connectivity index (χ1n) is 2.44. The van der Waals surface area contributed by atoms with Crippen LogP contribution in [0.4, 0.5) is 0 Å². The summed E-state index contributed by atoms with van der Waals surface area (Å²) in [6.07, 6.45) is 0.817. The second kappa shape index (κ2) is 2.50. The molecule has 0 aromatic carbocycles. The van der Waals surface area contributed by atoms with Gasteiger partial charge >= 0.3 is 0 Å². The third-order valence-corrected chi connectivity index (χ3v) is 2.58. The third kappa shape index (κ3) is 1.14. The van der Waals surface area contributed by atoms with E-state index in [0.717, 1.165) is 11.8 Å². The van der Waals surface area contributed by atoms with E-state index in [1.165, 1.54) is 11.3 Å². The molecule has 0 N–H and O–H groups in total. The van der Waals surface area contributed by atoms with Gasteiger partial charge in [-0.2, -0.15) is 0 Å². The molecule has 0 spiro atoms. The molecule has 1 aromatic rings. The summed E-state index contributed by atoms with van der Waals surface area (Å²) in [4.78, 5) is 10.2. The lowest BCUT2D eigenvalue weighted by Crippen LogP contribution is -1.75. The van der Waals surface area contributed by atoms with Gasteiger partial charge in [-0.3, -0.25) is 4.79 Å². The SMILES string of the molecule is Cc1c(C=O)csc1Cl. The van der Waals surface area contributed by atoms with E-state index in [9.17, 15) is 4.79 Å². The molecule has 0 aliphatic heterocycles. The minimum absolute atomic E-state index is 0.699. The predicted octanol–water partition coefficient (Wildman–Crippen LogP) is 2.52. The summed E-state index contributed by atoms with van der Waals surface area (Å²) >= 11 is 7.06. The fraction of sp³-hybridized carbons (Fsp3) is 0.167. The van der Waals surface area contributed by atoms with Gasteiger partial charge in [0.1, 0.15) is 0 Å². The number of aldehydes is 1. The van der Waals surface area contributed by atoms with Crippen molar-refractivity contribution in [1.82, 2.24) is 0 Å². The van der Waals surface area contributed by atoms with Gasteiger partial charge < -0.3 is 0 Å². The third-order valence-electron chi connectivity index (χ3n) is 1.14. The van der Waals surface area contributed by atoms with Gasteiger partial charge in [-0.15, -0.1) is 11.3 Å². The highest BCUT2D eigenvalue weighted by atomic mass is 35.5. The minimum Gasteiger partial charge on any atom is -0.298 e. The molecular weight excluding hydrogens is 156 g/mol. The van der Waals surface area contributed by atoms with Gasteiger partial charge in [-0.1, -0.05) is 11.6 Å². The quantitative estimate of drug-likeness (QED) is 0.577. The molecule has 0 aliphatic carbocycles. The molecule has 1 nitrogen and oxygen atoms in total. The lowest BCUT2D eigenvalue weighted by atomic mass is 10.2. The van der Waals surface area contributed by atoms with Crippen LogP contribution >= 0.6 is 22.9 Å².